The summed E-state index contributed by atoms with van der Waals surface area (Å²) in [5.41, 5.74) is 2.21. The molecule has 0 saturated heterocycles. The quantitative estimate of drug-likeness (QED) is 0.699. The summed E-state index contributed by atoms with van der Waals surface area (Å²) in [5, 5.41) is 0.790. The first-order valence-electron chi connectivity index (χ1n) is 4.97. The number of aromatic nitrogens is 2. The molecule has 72 valence electrons. The lowest BCUT2D eigenvalue weighted by molar-refractivity contribution is 0.320. The molecule has 0 atom stereocenters. The van der Waals surface area contributed by atoms with Gasteiger partial charge in [-0.15, -0.1) is 0 Å². The van der Waals surface area contributed by atoms with Crippen molar-refractivity contribution in [3.8, 4) is 0 Å². The summed E-state index contributed by atoms with van der Waals surface area (Å²) in [6, 6.07) is 6.52. The highest BCUT2D eigenvalue weighted by atomic mass is 35.5. The van der Waals surface area contributed by atoms with Crippen LogP contribution in [0.3, 0.4) is 0 Å². The van der Waals surface area contributed by atoms with Crippen LogP contribution in [-0.4, -0.2) is 9.55 Å². The molecule has 1 fully saturated rings. The van der Waals surface area contributed by atoms with Gasteiger partial charge in [0.25, 0.3) is 0 Å². The summed E-state index contributed by atoms with van der Waals surface area (Å²) in [4.78, 5) is 4.37. The maximum atomic E-state index is 5.97. The molecule has 0 radical (unpaired) electrons. The number of hydrogen-bond donors (Lipinski definition) is 0. The summed E-state index contributed by atoms with van der Waals surface area (Å²) < 4.78 is 2.25. The van der Waals surface area contributed by atoms with Crippen molar-refractivity contribution in [1.82, 2.24) is 9.55 Å². The molecule has 0 bridgehead atoms. The van der Waals surface area contributed by atoms with Gasteiger partial charge in [-0.2, -0.15) is 0 Å². The number of nitrogens with zero attached hydrogens (tertiary/aromatic N) is 2. The fraction of sp³-hybridized carbons (Fsp3) is 0.364. The predicted octanol–water partition coefficient (Wildman–Crippen LogP) is 3.41. The molecule has 1 aromatic carbocycles. The molecule has 1 aliphatic carbocycles. The number of fused-ring (bicyclic) bond motifs is 1. The SMILES string of the molecule is Clc1ccc2ncn(C3CCC3)c2c1. The van der Waals surface area contributed by atoms with Crippen LogP contribution in [0, 0.1) is 0 Å². The standard InChI is InChI=1S/C11H11ClN2/c12-8-4-5-10-11(6-8)14(7-13-10)9-2-1-3-9/h4-7,9H,1-3H2. The summed E-state index contributed by atoms with van der Waals surface area (Å²) in [6.07, 6.45) is 5.83. The van der Waals surface area contributed by atoms with E-state index in [9.17, 15) is 0 Å². The number of halogens is 1. The van der Waals surface area contributed by atoms with E-state index in [1.807, 2.05) is 24.5 Å². The van der Waals surface area contributed by atoms with Crippen molar-refractivity contribution in [2.45, 2.75) is 25.3 Å². The summed E-state index contributed by atoms with van der Waals surface area (Å²) >= 11 is 5.97. The Balaban J connectivity index is 2.18. The van der Waals surface area contributed by atoms with Crippen molar-refractivity contribution in [2.75, 3.05) is 0 Å². The van der Waals surface area contributed by atoms with Crippen LogP contribution >= 0.6 is 11.6 Å². The zero-order valence-corrected chi connectivity index (χ0v) is 8.54. The second-order valence-corrected chi connectivity index (χ2v) is 4.31. The molecule has 0 amide bonds. The monoisotopic (exact) mass is 206 g/mol. The molecular formula is C11H11ClN2. The van der Waals surface area contributed by atoms with E-state index in [0.29, 0.717) is 6.04 Å². The van der Waals surface area contributed by atoms with Crippen LogP contribution in [0.2, 0.25) is 5.02 Å². The van der Waals surface area contributed by atoms with Gasteiger partial charge < -0.3 is 4.57 Å². The van der Waals surface area contributed by atoms with E-state index in [0.717, 1.165) is 10.5 Å². The Hall–Kier alpha value is -1.02. The molecule has 1 aliphatic rings. The Labute approximate surface area is 87.5 Å². The van der Waals surface area contributed by atoms with Gasteiger partial charge in [0.05, 0.1) is 17.4 Å². The summed E-state index contributed by atoms with van der Waals surface area (Å²) in [5.74, 6) is 0. The van der Waals surface area contributed by atoms with Crippen LogP contribution in [0.5, 0.6) is 0 Å². The minimum atomic E-state index is 0.651. The topological polar surface area (TPSA) is 17.8 Å². The third-order valence-electron chi connectivity index (χ3n) is 3.00. The van der Waals surface area contributed by atoms with Gasteiger partial charge in [-0.05, 0) is 37.5 Å². The Morgan fingerprint density at radius 2 is 2.21 bits per heavy atom. The lowest BCUT2D eigenvalue weighted by atomic mass is 9.93. The Morgan fingerprint density at radius 3 is 2.93 bits per heavy atom. The number of benzene rings is 1. The van der Waals surface area contributed by atoms with Crippen molar-refractivity contribution in [3.05, 3.63) is 29.5 Å². The smallest absolute Gasteiger partial charge is 0.0960 e. The van der Waals surface area contributed by atoms with E-state index in [1.54, 1.807) is 0 Å². The molecule has 1 heterocycles. The molecule has 1 saturated carbocycles. The number of imidazole rings is 1. The van der Waals surface area contributed by atoms with Crippen LogP contribution in [0.15, 0.2) is 24.5 Å². The first-order valence-corrected chi connectivity index (χ1v) is 5.34. The van der Waals surface area contributed by atoms with Crippen molar-refractivity contribution in [2.24, 2.45) is 0 Å². The average molecular weight is 207 g/mol. The van der Waals surface area contributed by atoms with Gasteiger partial charge >= 0.3 is 0 Å². The number of hydrogen-bond acceptors (Lipinski definition) is 1. The molecule has 2 aromatic rings. The molecular weight excluding hydrogens is 196 g/mol. The fourth-order valence-electron chi connectivity index (χ4n) is 1.96. The molecule has 0 N–H and O–H groups in total. The summed E-state index contributed by atoms with van der Waals surface area (Å²) in [7, 11) is 0. The van der Waals surface area contributed by atoms with Crippen LogP contribution in [0.4, 0.5) is 0 Å². The lowest BCUT2D eigenvalue weighted by Crippen LogP contribution is -2.15. The average Bonchev–Trinajstić information content (AvgIpc) is 2.46. The Bertz CT molecular complexity index is 471. The molecule has 3 heteroatoms. The van der Waals surface area contributed by atoms with Crippen LogP contribution < -0.4 is 0 Å². The molecule has 1 aromatic heterocycles. The van der Waals surface area contributed by atoms with E-state index >= 15 is 0 Å². The van der Waals surface area contributed by atoms with Crippen molar-refractivity contribution >= 4 is 22.6 Å². The van der Waals surface area contributed by atoms with Gasteiger partial charge in [-0.1, -0.05) is 11.6 Å². The molecule has 0 aliphatic heterocycles. The largest absolute Gasteiger partial charge is 0.327 e. The van der Waals surface area contributed by atoms with Crippen molar-refractivity contribution in [3.63, 3.8) is 0 Å². The zero-order chi connectivity index (χ0) is 9.54. The third kappa shape index (κ3) is 1.14. The van der Waals surface area contributed by atoms with Crippen LogP contribution in [0.25, 0.3) is 11.0 Å². The molecule has 2 nitrogen and oxygen atoms in total. The maximum absolute atomic E-state index is 5.97. The zero-order valence-electron chi connectivity index (χ0n) is 7.78. The van der Waals surface area contributed by atoms with E-state index in [4.69, 9.17) is 11.6 Å². The van der Waals surface area contributed by atoms with Gasteiger partial charge in [0, 0.05) is 11.1 Å². The minimum Gasteiger partial charge on any atom is -0.327 e. The van der Waals surface area contributed by atoms with E-state index < -0.39 is 0 Å². The highest BCUT2D eigenvalue weighted by molar-refractivity contribution is 6.31. The second kappa shape index (κ2) is 2.99. The lowest BCUT2D eigenvalue weighted by Gasteiger charge is -2.27. The second-order valence-electron chi connectivity index (χ2n) is 3.87. The van der Waals surface area contributed by atoms with E-state index in [1.165, 1.54) is 24.8 Å². The normalized spacial score (nSPS) is 17.2. The van der Waals surface area contributed by atoms with Crippen LogP contribution in [0.1, 0.15) is 25.3 Å². The Kier molecular flexibility index (Phi) is 1.77. The fourth-order valence-corrected chi connectivity index (χ4v) is 2.12. The molecule has 0 spiro atoms. The van der Waals surface area contributed by atoms with Gasteiger partial charge in [-0.3, -0.25) is 0 Å². The minimum absolute atomic E-state index is 0.651. The van der Waals surface area contributed by atoms with Crippen molar-refractivity contribution < 1.29 is 0 Å². The van der Waals surface area contributed by atoms with Gasteiger partial charge in [0.15, 0.2) is 0 Å². The Morgan fingerprint density at radius 1 is 1.36 bits per heavy atom. The van der Waals surface area contributed by atoms with Crippen LogP contribution in [-0.2, 0) is 0 Å². The molecule has 3 rings (SSSR count). The van der Waals surface area contributed by atoms with Crippen molar-refractivity contribution in [1.29, 1.82) is 0 Å². The van der Waals surface area contributed by atoms with Gasteiger partial charge in [-0.25, -0.2) is 4.98 Å². The highest BCUT2D eigenvalue weighted by Gasteiger charge is 2.20. The van der Waals surface area contributed by atoms with Gasteiger partial charge in [0.2, 0.25) is 0 Å². The first kappa shape index (κ1) is 8.30. The van der Waals surface area contributed by atoms with Gasteiger partial charge in [0.1, 0.15) is 0 Å². The maximum Gasteiger partial charge on any atom is 0.0960 e. The summed E-state index contributed by atoms with van der Waals surface area (Å²) in [6.45, 7) is 0. The van der Waals surface area contributed by atoms with E-state index in [2.05, 4.69) is 9.55 Å². The number of rotatable bonds is 1. The predicted molar refractivity (Wildman–Crippen MR) is 57.6 cm³/mol. The first-order chi connectivity index (χ1) is 6.84. The molecule has 14 heavy (non-hydrogen) atoms. The highest BCUT2D eigenvalue weighted by Crippen LogP contribution is 2.34. The van der Waals surface area contributed by atoms with E-state index in [-0.39, 0.29) is 0 Å². The molecule has 0 unspecified atom stereocenters. The third-order valence-corrected chi connectivity index (χ3v) is 3.24.